The van der Waals surface area contributed by atoms with E-state index < -0.39 is 0 Å². The van der Waals surface area contributed by atoms with Gasteiger partial charge in [0.1, 0.15) is 0 Å². The van der Waals surface area contributed by atoms with E-state index in [9.17, 15) is 0 Å². The summed E-state index contributed by atoms with van der Waals surface area (Å²) in [5.74, 6) is 0. The molecule has 0 aromatic rings. The molecule has 0 unspecified atom stereocenters. The molecule has 1 rings (SSSR count). The van der Waals surface area contributed by atoms with E-state index in [0.29, 0.717) is 0 Å². The minimum atomic E-state index is 0. The van der Waals surface area contributed by atoms with Gasteiger partial charge in [0.15, 0.2) is 0 Å². The van der Waals surface area contributed by atoms with Gasteiger partial charge in [0.25, 0.3) is 0 Å². The predicted molar refractivity (Wildman–Crippen MR) is 36.3 cm³/mol. The number of hydrogen-bond donors (Lipinski definition) is 1. The monoisotopic (exact) mass is 132 g/mol. The molecule has 1 heterocycles. The third-order valence-electron chi connectivity index (χ3n) is 0.718. The van der Waals surface area contributed by atoms with Crippen LogP contribution in [0.15, 0.2) is 36.7 Å². The quantitative estimate of drug-likeness (QED) is 0.481. The van der Waals surface area contributed by atoms with Crippen LogP contribution in [0.3, 0.4) is 0 Å². The fourth-order valence-corrected chi connectivity index (χ4v) is 0.406. The summed E-state index contributed by atoms with van der Waals surface area (Å²) in [6.07, 6.45) is 11.6. The van der Waals surface area contributed by atoms with Gasteiger partial charge >= 0.3 is 0 Å². The molecule has 2 heteroatoms. The molecule has 37 valence electrons. The van der Waals surface area contributed by atoms with Crippen LogP contribution in [0.4, 0.5) is 0 Å². The maximum absolute atomic E-state index is 2.92. The Labute approximate surface area is 92.0 Å². The third kappa shape index (κ3) is 3.63. The van der Waals surface area contributed by atoms with E-state index in [-0.39, 0.29) is 51.4 Å². The van der Waals surface area contributed by atoms with Crippen LogP contribution >= 0.6 is 0 Å². The topological polar surface area (TPSA) is 12.0 Å². The SMILES string of the molecule is C1=CC=CNC=C1.[K]. The average molecular weight is 132 g/mol. The predicted octanol–water partition coefficient (Wildman–Crippen LogP) is 0.792. The molecule has 0 amide bonds. The first-order chi connectivity index (χ1) is 3.50. The van der Waals surface area contributed by atoms with E-state index in [1.54, 1.807) is 0 Å². The van der Waals surface area contributed by atoms with E-state index in [4.69, 9.17) is 0 Å². The van der Waals surface area contributed by atoms with Crippen molar-refractivity contribution in [2.45, 2.75) is 0 Å². The first kappa shape index (κ1) is 8.66. The summed E-state index contributed by atoms with van der Waals surface area (Å²) in [6.45, 7) is 0. The van der Waals surface area contributed by atoms with Crippen molar-refractivity contribution in [2.75, 3.05) is 0 Å². The van der Waals surface area contributed by atoms with E-state index in [2.05, 4.69) is 5.32 Å². The van der Waals surface area contributed by atoms with Gasteiger partial charge < -0.3 is 5.32 Å². The van der Waals surface area contributed by atoms with Gasteiger partial charge in [-0.2, -0.15) is 0 Å². The zero-order valence-corrected chi connectivity index (χ0v) is 8.09. The molecular formula is C6H7KN. The van der Waals surface area contributed by atoms with Crippen LogP contribution < -0.4 is 5.32 Å². The van der Waals surface area contributed by atoms with E-state index >= 15 is 0 Å². The van der Waals surface area contributed by atoms with Gasteiger partial charge in [-0.05, 0) is 12.2 Å². The maximum atomic E-state index is 2.92. The van der Waals surface area contributed by atoms with Crippen molar-refractivity contribution >= 4 is 51.4 Å². The molecule has 0 atom stereocenters. The van der Waals surface area contributed by atoms with Crippen molar-refractivity contribution in [3.8, 4) is 0 Å². The Kier molecular flexibility index (Phi) is 6.26. The molecule has 1 aliphatic rings. The second-order valence-corrected chi connectivity index (χ2v) is 1.27. The maximum Gasteiger partial charge on any atom is 0.000442 e. The molecule has 8 heavy (non-hydrogen) atoms. The van der Waals surface area contributed by atoms with Crippen LogP contribution in [0.1, 0.15) is 0 Å². The van der Waals surface area contributed by atoms with Gasteiger partial charge in [-0.3, -0.25) is 0 Å². The number of allylic oxidation sites excluding steroid dienone is 4. The molecule has 1 aliphatic heterocycles. The molecule has 0 saturated carbocycles. The Morgan fingerprint density at radius 1 is 0.750 bits per heavy atom. The van der Waals surface area contributed by atoms with Crippen molar-refractivity contribution < 1.29 is 0 Å². The van der Waals surface area contributed by atoms with E-state index in [0.717, 1.165) is 0 Å². The minimum Gasteiger partial charge on any atom is -0.368 e. The molecule has 0 spiro atoms. The van der Waals surface area contributed by atoms with Gasteiger partial charge in [-0.15, -0.1) is 0 Å². The Morgan fingerprint density at radius 3 is 1.75 bits per heavy atom. The van der Waals surface area contributed by atoms with Crippen LogP contribution in [0.25, 0.3) is 0 Å². The summed E-state index contributed by atoms with van der Waals surface area (Å²) < 4.78 is 0. The summed E-state index contributed by atoms with van der Waals surface area (Å²) in [7, 11) is 0. The van der Waals surface area contributed by atoms with Gasteiger partial charge in [-0.25, -0.2) is 0 Å². The van der Waals surface area contributed by atoms with Crippen LogP contribution in [0, 0.1) is 0 Å². The summed E-state index contributed by atoms with van der Waals surface area (Å²) in [5, 5.41) is 2.92. The van der Waals surface area contributed by atoms with Crippen molar-refractivity contribution in [1.82, 2.24) is 5.32 Å². The molecule has 0 fully saturated rings. The van der Waals surface area contributed by atoms with Crippen LogP contribution in [-0.4, -0.2) is 51.4 Å². The third-order valence-corrected chi connectivity index (χ3v) is 0.718. The summed E-state index contributed by atoms with van der Waals surface area (Å²) in [6, 6.07) is 0. The Hall–Kier alpha value is 0.656. The molecular weight excluding hydrogens is 125 g/mol. The second-order valence-electron chi connectivity index (χ2n) is 1.27. The standard InChI is InChI=1S/C6H7N.K/c1-2-4-6-7-5-3-1;/h1-7H;. The zero-order valence-electron chi connectivity index (χ0n) is 4.96. The van der Waals surface area contributed by atoms with E-state index in [1.165, 1.54) is 0 Å². The van der Waals surface area contributed by atoms with Crippen molar-refractivity contribution in [1.29, 1.82) is 0 Å². The largest absolute Gasteiger partial charge is 0.368 e. The van der Waals surface area contributed by atoms with Crippen LogP contribution in [0.2, 0.25) is 0 Å². The van der Waals surface area contributed by atoms with Gasteiger partial charge in [0.05, 0.1) is 0 Å². The normalized spacial score (nSPS) is 14.0. The first-order valence-corrected chi connectivity index (χ1v) is 2.24. The Morgan fingerprint density at radius 2 is 1.25 bits per heavy atom. The number of nitrogens with one attached hydrogen (secondary N) is 1. The van der Waals surface area contributed by atoms with Gasteiger partial charge in [0, 0.05) is 63.8 Å². The van der Waals surface area contributed by atoms with Crippen LogP contribution in [0.5, 0.6) is 0 Å². The van der Waals surface area contributed by atoms with Gasteiger partial charge in [-0.1, -0.05) is 12.2 Å². The molecule has 0 saturated heterocycles. The Balaban J connectivity index is 0.000000490. The minimum absolute atomic E-state index is 0. The van der Waals surface area contributed by atoms with Crippen molar-refractivity contribution in [3.63, 3.8) is 0 Å². The molecule has 0 bridgehead atoms. The fraction of sp³-hybridized carbons (Fsp3) is 0. The summed E-state index contributed by atoms with van der Waals surface area (Å²) >= 11 is 0. The molecule has 0 aromatic heterocycles. The summed E-state index contributed by atoms with van der Waals surface area (Å²) in [5.41, 5.74) is 0. The molecule has 0 aromatic carbocycles. The molecule has 1 nitrogen and oxygen atoms in total. The van der Waals surface area contributed by atoms with E-state index in [1.807, 2.05) is 36.7 Å². The molecule has 1 N–H and O–H groups in total. The summed E-state index contributed by atoms with van der Waals surface area (Å²) in [4.78, 5) is 0. The second kappa shape index (κ2) is 5.79. The van der Waals surface area contributed by atoms with Gasteiger partial charge in [0.2, 0.25) is 0 Å². The number of hydrogen-bond acceptors (Lipinski definition) is 1. The fourth-order valence-electron chi connectivity index (χ4n) is 0.406. The zero-order chi connectivity index (χ0) is 4.95. The molecule has 1 radical (unpaired) electrons. The first-order valence-electron chi connectivity index (χ1n) is 2.24. The smallest absolute Gasteiger partial charge is 0.000442 e. The Bertz CT molecular complexity index is 110. The molecule has 0 aliphatic carbocycles. The van der Waals surface area contributed by atoms with Crippen molar-refractivity contribution in [2.24, 2.45) is 0 Å². The average Bonchev–Trinajstić information content (AvgIpc) is 1.90. The number of rotatable bonds is 0. The van der Waals surface area contributed by atoms with Crippen molar-refractivity contribution in [3.05, 3.63) is 36.7 Å². The van der Waals surface area contributed by atoms with Crippen LogP contribution in [-0.2, 0) is 0 Å².